The Morgan fingerprint density at radius 2 is 1.84 bits per heavy atom. The molecule has 0 atom stereocenters. The SMILES string of the molecule is NS(=O)(=O)c1ccc(NN=Cc2cc(Br)c(O)c(Br)c2)c([N+](=O)[O-])c1. The number of anilines is 1. The van der Waals surface area contributed by atoms with Crippen LogP contribution in [-0.4, -0.2) is 24.7 Å². The number of primary sulfonamides is 1. The van der Waals surface area contributed by atoms with Crippen molar-refractivity contribution in [3.8, 4) is 5.75 Å². The monoisotopic (exact) mass is 492 g/mol. The zero-order valence-corrected chi connectivity index (χ0v) is 16.2. The van der Waals surface area contributed by atoms with Gasteiger partial charge in [-0.2, -0.15) is 5.10 Å². The van der Waals surface area contributed by atoms with Gasteiger partial charge in [0.05, 0.1) is 25.0 Å². The number of hydrogen-bond donors (Lipinski definition) is 3. The second-order valence-corrected chi connectivity index (χ2v) is 7.95. The van der Waals surface area contributed by atoms with Gasteiger partial charge in [0.25, 0.3) is 5.69 Å². The van der Waals surface area contributed by atoms with Gasteiger partial charge in [-0.3, -0.25) is 15.5 Å². The Bertz CT molecular complexity index is 955. The third kappa shape index (κ3) is 4.75. The summed E-state index contributed by atoms with van der Waals surface area (Å²) in [5, 5.41) is 29.6. The summed E-state index contributed by atoms with van der Waals surface area (Å²) in [6, 6.07) is 6.35. The van der Waals surface area contributed by atoms with Crippen molar-refractivity contribution in [3.63, 3.8) is 0 Å². The first-order chi connectivity index (χ1) is 11.6. The van der Waals surface area contributed by atoms with Crippen LogP contribution in [0.1, 0.15) is 5.56 Å². The van der Waals surface area contributed by atoms with Gasteiger partial charge >= 0.3 is 0 Å². The minimum atomic E-state index is -4.06. The molecule has 0 amide bonds. The lowest BCUT2D eigenvalue weighted by Crippen LogP contribution is -2.12. The molecule has 12 heteroatoms. The number of nitro groups is 1. The molecule has 0 aliphatic rings. The van der Waals surface area contributed by atoms with E-state index in [2.05, 4.69) is 42.4 Å². The molecule has 0 fully saturated rings. The van der Waals surface area contributed by atoms with Crippen LogP contribution in [0.3, 0.4) is 0 Å². The first-order valence-corrected chi connectivity index (χ1v) is 9.51. The normalized spacial score (nSPS) is 11.6. The van der Waals surface area contributed by atoms with Crippen LogP contribution in [0, 0.1) is 10.1 Å². The van der Waals surface area contributed by atoms with Crippen molar-refractivity contribution in [2.75, 3.05) is 5.43 Å². The molecule has 2 rings (SSSR count). The Kier molecular flexibility index (Phi) is 5.77. The maximum atomic E-state index is 11.3. The molecule has 2 aromatic carbocycles. The average molecular weight is 494 g/mol. The van der Waals surface area contributed by atoms with Crippen molar-refractivity contribution >= 4 is 59.5 Å². The molecule has 0 bridgehead atoms. The summed E-state index contributed by atoms with van der Waals surface area (Å²) in [7, 11) is -4.06. The largest absolute Gasteiger partial charge is 0.506 e. The summed E-state index contributed by atoms with van der Waals surface area (Å²) in [6.45, 7) is 0. The number of nitrogens with one attached hydrogen (secondary N) is 1. The maximum absolute atomic E-state index is 11.3. The number of hydrazone groups is 1. The van der Waals surface area contributed by atoms with Crippen molar-refractivity contribution < 1.29 is 18.4 Å². The Labute approximate surface area is 159 Å². The highest BCUT2D eigenvalue weighted by Crippen LogP contribution is 2.33. The Morgan fingerprint density at radius 3 is 2.36 bits per heavy atom. The van der Waals surface area contributed by atoms with Crippen molar-refractivity contribution in [3.05, 3.63) is 55.0 Å². The molecule has 0 aliphatic carbocycles. The number of phenols is 1. The molecule has 0 unspecified atom stereocenters. The molecule has 0 aromatic heterocycles. The van der Waals surface area contributed by atoms with Gasteiger partial charge in [-0.15, -0.1) is 0 Å². The minimum Gasteiger partial charge on any atom is -0.506 e. The van der Waals surface area contributed by atoms with Gasteiger partial charge in [0.2, 0.25) is 10.0 Å². The fourth-order valence-corrected chi connectivity index (χ4v) is 3.53. The molecular formula is C13H10Br2N4O5S. The van der Waals surface area contributed by atoms with E-state index < -0.39 is 20.6 Å². The fourth-order valence-electron chi connectivity index (χ4n) is 1.77. The van der Waals surface area contributed by atoms with E-state index in [1.807, 2.05) is 0 Å². The van der Waals surface area contributed by atoms with E-state index in [0.717, 1.165) is 12.1 Å². The molecular weight excluding hydrogens is 484 g/mol. The van der Waals surface area contributed by atoms with Gasteiger partial charge in [0.15, 0.2) is 0 Å². The lowest BCUT2D eigenvalue weighted by atomic mass is 10.2. The number of benzene rings is 2. The maximum Gasteiger partial charge on any atom is 0.295 e. The van der Waals surface area contributed by atoms with Crippen LogP contribution in [0.4, 0.5) is 11.4 Å². The second-order valence-electron chi connectivity index (χ2n) is 4.68. The highest BCUT2D eigenvalue weighted by molar-refractivity contribution is 9.11. The predicted octanol–water partition coefficient (Wildman–Crippen LogP) is 2.92. The highest BCUT2D eigenvalue weighted by atomic mass is 79.9. The lowest BCUT2D eigenvalue weighted by molar-refractivity contribution is -0.384. The van der Waals surface area contributed by atoms with Gasteiger partial charge < -0.3 is 5.11 Å². The topological polar surface area (TPSA) is 148 Å². The van der Waals surface area contributed by atoms with Crippen LogP contribution in [0.5, 0.6) is 5.75 Å². The first-order valence-electron chi connectivity index (χ1n) is 6.38. The molecule has 9 nitrogen and oxygen atoms in total. The predicted molar refractivity (Wildman–Crippen MR) is 99.2 cm³/mol. The van der Waals surface area contributed by atoms with Gasteiger partial charge in [0, 0.05) is 6.07 Å². The molecule has 25 heavy (non-hydrogen) atoms. The molecule has 0 heterocycles. The van der Waals surface area contributed by atoms with E-state index in [-0.39, 0.29) is 16.3 Å². The third-order valence-electron chi connectivity index (χ3n) is 2.93. The van der Waals surface area contributed by atoms with E-state index >= 15 is 0 Å². The summed E-state index contributed by atoms with van der Waals surface area (Å²) in [6.07, 6.45) is 1.37. The van der Waals surface area contributed by atoms with E-state index in [4.69, 9.17) is 5.14 Å². The van der Waals surface area contributed by atoms with Crippen molar-refractivity contribution in [2.45, 2.75) is 4.90 Å². The van der Waals surface area contributed by atoms with Crippen molar-refractivity contribution in [1.29, 1.82) is 0 Å². The zero-order chi connectivity index (χ0) is 18.8. The third-order valence-corrected chi connectivity index (χ3v) is 5.05. The molecule has 0 aliphatic heterocycles. The highest BCUT2D eigenvalue weighted by Gasteiger charge is 2.18. The summed E-state index contributed by atoms with van der Waals surface area (Å²) >= 11 is 6.34. The number of nitro benzene ring substituents is 1. The second kappa shape index (κ2) is 7.47. The van der Waals surface area contributed by atoms with Gasteiger partial charge in [-0.05, 0) is 61.7 Å². The molecule has 0 saturated heterocycles. The first kappa shape index (κ1) is 19.3. The molecule has 0 spiro atoms. The molecule has 0 radical (unpaired) electrons. The van der Waals surface area contributed by atoms with Crippen LogP contribution in [0.2, 0.25) is 0 Å². The molecule has 4 N–H and O–H groups in total. The van der Waals surface area contributed by atoms with Crippen LogP contribution in [-0.2, 0) is 10.0 Å². The lowest BCUT2D eigenvalue weighted by Gasteiger charge is -2.05. The van der Waals surface area contributed by atoms with Crippen LogP contribution in [0.25, 0.3) is 0 Å². The van der Waals surface area contributed by atoms with Crippen LogP contribution < -0.4 is 10.6 Å². The summed E-state index contributed by atoms with van der Waals surface area (Å²) in [5.41, 5.74) is 2.57. The number of halogens is 2. The molecule has 0 saturated carbocycles. The number of aromatic hydroxyl groups is 1. The van der Waals surface area contributed by atoms with Crippen LogP contribution >= 0.6 is 31.9 Å². The van der Waals surface area contributed by atoms with Crippen molar-refractivity contribution in [2.24, 2.45) is 10.2 Å². The number of nitrogens with two attached hydrogens (primary N) is 1. The van der Waals surface area contributed by atoms with E-state index in [1.54, 1.807) is 12.1 Å². The fraction of sp³-hybridized carbons (Fsp3) is 0. The van der Waals surface area contributed by atoms with E-state index in [9.17, 15) is 23.6 Å². The number of phenolic OH excluding ortho intramolecular Hbond substituents is 1. The van der Waals surface area contributed by atoms with Gasteiger partial charge in [-0.1, -0.05) is 0 Å². The smallest absolute Gasteiger partial charge is 0.295 e. The average Bonchev–Trinajstić information content (AvgIpc) is 2.51. The Hall–Kier alpha value is -2.02. The summed E-state index contributed by atoms with van der Waals surface area (Å²) in [5.74, 6) is 0.0272. The quantitative estimate of drug-likeness (QED) is 0.331. The number of rotatable bonds is 5. The van der Waals surface area contributed by atoms with Gasteiger partial charge in [0.1, 0.15) is 11.4 Å². The standard InChI is InChI=1S/C13H10Br2N4O5S/c14-9-3-7(4-10(15)13(9)20)6-17-18-11-2-1-8(25(16,23)24)5-12(11)19(21)22/h1-6,18,20H,(H2,16,23,24). The van der Waals surface area contributed by atoms with Gasteiger partial charge in [-0.25, -0.2) is 13.6 Å². The molecule has 132 valence electrons. The minimum absolute atomic E-state index is 0.00874. The van der Waals surface area contributed by atoms with E-state index in [0.29, 0.717) is 14.5 Å². The van der Waals surface area contributed by atoms with Crippen LogP contribution in [0.15, 0.2) is 49.3 Å². The molecule has 2 aromatic rings. The Morgan fingerprint density at radius 1 is 1.24 bits per heavy atom. The van der Waals surface area contributed by atoms with Crippen molar-refractivity contribution in [1.82, 2.24) is 0 Å². The number of hydrogen-bond acceptors (Lipinski definition) is 7. The summed E-state index contributed by atoms with van der Waals surface area (Å²) in [4.78, 5) is 9.97. The van der Waals surface area contributed by atoms with E-state index in [1.165, 1.54) is 12.3 Å². The Balaban J connectivity index is 2.30. The summed E-state index contributed by atoms with van der Waals surface area (Å²) < 4.78 is 23.4. The number of nitrogens with zero attached hydrogens (tertiary/aromatic N) is 2. The zero-order valence-electron chi connectivity index (χ0n) is 12.2. The number of sulfonamides is 1.